The number of ether oxygens (including phenoxy) is 1. The van der Waals surface area contributed by atoms with E-state index < -0.39 is 5.97 Å². The molecule has 0 aromatic carbocycles. The average Bonchev–Trinajstić information content (AvgIpc) is 3.02. The molecule has 0 aliphatic carbocycles. The Morgan fingerprint density at radius 2 is 2.11 bits per heavy atom. The maximum absolute atomic E-state index is 11.8. The van der Waals surface area contributed by atoms with E-state index in [1.165, 1.54) is 0 Å². The molecule has 0 saturated heterocycles. The van der Waals surface area contributed by atoms with Crippen molar-refractivity contribution >= 4 is 5.97 Å². The summed E-state index contributed by atoms with van der Waals surface area (Å²) in [5, 5.41) is 17.6. The third-order valence-electron chi connectivity index (χ3n) is 2.49. The van der Waals surface area contributed by atoms with E-state index in [9.17, 15) is 10.1 Å². The molecule has 6 nitrogen and oxygen atoms in total. The maximum Gasteiger partial charge on any atom is 0.344 e. The highest BCUT2D eigenvalue weighted by molar-refractivity contribution is 5.94. The lowest BCUT2D eigenvalue weighted by atomic mass is 10.1. The van der Waals surface area contributed by atoms with Crippen molar-refractivity contribution in [3.8, 4) is 18.0 Å². The van der Waals surface area contributed by atoms with Crippen LogP contribution in [0.15, 0.2) is 28.9 Å². The molecule has 0 aliphatic rings. The van der Waals surface area contributed by atoms with Crippen LogP contribution in [0.3, 0.4) is 0 Å². The third-order valence-corrected chi connectivity index (χ3v) is 2.49. The zero-order valence-corrected chi connectivity index (χ0v) is 10.1. The Morgan fingerprint density at radius 3 is 2.68 bits per heavy atom. The van der Waals surface area contributed by atoms with E-state index in [1.807, 2.05) is 6.07 Å². The summed E-state index contributed by atoms with van der Waals surface area (Å²) in [5.74, 6) is -0.199. The van der Waals surface area contributed by atoms with Gasteiger partial charge in [-0.25, -0.2) is 4.79 Å². The summed E-state index contributed by atoms with van der Waals surface area (Å²) in [5.41, 5.74) is 0.151. The quantitative estimate of drug-likeness (QED) is 0.781. The number of carbonyl (C=O) groups is 1. The van der Waals surface area contributed by atoms with Gasteiger partial charge in [-0.1, -0.05) is 0 Å². The van der Waals surface area contributed by atoms with Gasteiger partial charge in [0.25, 0.3) is 0 Å². The van der Waals surface area contributed by atoms with Crippen LogP contribution in [0.25, 0.3) is 5.88 Å². The first-order valence-corrected chi connectivity index (χ1v) is 5.40. The van der Waals surface area contributed by atoms with Gasteiger partial charge in [-0.3, -0.25) is 4.57 Å². The minimum atomic E-state index is -0.738. The molecule has 0 saturated carbocycles. The molecule has 2 rings (SSSR count). The summed E-state index contributed by atoms with van der Waals surface area (Å²) in [7, 11) is 0. The van der Waals surface area contributed by atoms with Gasteiger partial charge in [0.05, 0.1) is 0 Å². The van der Waals surface area contributed by atoms with Crippen LogP contribution in [0, 0.1) is 29.6 Å². The first-order chi connectivity index (χ1) is 9.19. The molecule has 0 spiro atoms. The van der Waals surface area contributed by atoms with Crippen LogP contribution in [0.2, 0.25) is 0 Å². The van der Waals surface area contributed by atoms with E-state index in [-0.39, 0.29) is 29.4 Å². The fraction of sp³-hybridized carbons (Fsp3) is 0.154. The van der Waals surface area contributed by atoms with Crippen molar-refractivity contribution in [1.82, 2.24) is 4.57 Å². The Kier molecular flexibility index (Phi) is 3.35. The van der Waals surface area contributed by atoms with Crippen molar-refractivity contribution in [2.24, 2.45) is 0 Å². The van der Waals surface area contributed by atoms with Crippen LogP contribution in [0.1, 0.15) is 21.7 Å². The zero-order chi connectivity index (χ0) is 13.8. The van der Waals surface area contributed by atoms with Crippen molar-refractivity contribution < 1.29 is 13.9 Å². The predicted molar refractivity (Wildman–Crippen MR) is 63.4 cm³/mol. The van der Waals surface area contributed by atoms with E-state index in [0.717, 1.165) is 0 Å². The van der Waals surface area contributed by atoms with Gasteiger partial charge in [0, 0.05) is 12.4 Å². The topological polar surface area (TPSA) is 91.9 Å². The van der Waals surface area contributed by atoms with Crippen LogP contribution in [-0.4, -0.2) is 17.1 Å². The van der Waals surface area contributed by atoms with Gasteiger partial charge in [-0.15, -0.1) is 0 Å². The number of nitriles is 2. The zero-order valence-electron chi connectivity index (χ0n) is 10.1. The molecular formula is C13H9N3O3. The number of hydrogen-bond donors (Lipinski definition) is 0. The summed E-state index contributed by atoms with van der Waals surface area (Å²) in [6.07, 6.45) is 3.40. The first kappa shape index (κ1) is 12.5. The van der Waals surface area contributed by atoms with Gasteiger partial charge in [-0.05, 0) is 19.1 Å². The number of hydrogen-bond acceptors (Lipinski definition) is 5. The predicted octanol–water partition coefficient (Wildman–Crippen LogP) is 1.93. The highest BCUT2D eigenvalue weighted by Crippen LogP contribution is 2.25. The Balaban J connectivity index is 2.49. The minimum Gasteiger partial charge on any atom is -0.447 e. The van der Waals surface area contributed by atoms with Gasteiger partial charge in [-0.2, -0.15) is 10.5 Å². The van der Waals surface area contributed by atoms with E-state index in [4.69, 9.17) is 14.4 Å². The van der Waals surface area contributed by atoms with Gasteiger partial charge in [0.1, 0.15) is 29.0 Å². The van der Waals surface area contributed by atoms with Crippen LogP contribution in [0.5, 0.6) is 0 Å². The standard InChI is InChI=1S/C13H9N3O3/c1-9-11(13(17)18-7-4-14)10(8-15)12(19-9)16-5-2-3-6-16/h2-3,5-6H,7H2,1H3. The van der Waals surface area contributed by atoms with E-state index in [1.54, 1.807) is 42.1 Å². The lowest BCUT2D eigenvalue weighted by molar-refractivity contribution is 0.0552. The number of carbonyl (C=O) groups excluding carboxylic acids is 1. The largest absolute Gasteiger partial charge is 0.447 e. The Bertz CT molecular complexity index is 684. The highest BCUT2D eigenvalue weighted by atomic mass is 16.5. The van der Waals surface area contributed by atoms with Crippen molar-refractivity contribution in [3.63, 3.8) is 0 Å². The summed E-state index contributed by atoms with van der Waals surface area (Å²) in [6.45, 7) is 1.20. The Hall–Kier alpha value is -2.99. The molecule has 0 aliphatic heterocycles. The molecule has 0 N–H and O–H groups in total. The van der Waals surface area contributed by atoms with Crippen LogP contribution >= 0.6 is 0 Å². The molecule has 2 aromatic rings. The molecular weight excluding hydrogens is 246 g/mol. The smallest absolute Gasteiger partial charge is 0.344 e. The number of esters is 1. The molecule has 0 bridgehead atoms. The molecule has 19 heavy (non-hydrogen) atoms. The summed E-state index contributed by atoms with van der Waals surface area (Å²) < 4.78 is 11.7. The lowest BCUT2D eigenvalue weighted by Gasteiger charge is -1.99. The van der Waals surface area contributed by atoms with E-state index >= 15 is 0 Å². The summed E-state index contributed by atoms with van der Waals surface area (Å²) in [4.78, 5) is 11.8. The molecule has 6 heteroatoms. The van der Waals surface area contributed by atoms with Crippen molar-refractivity contribution in [2.45, 2.75) is 6.92 Å². The minimum absolute atomic E-state index is 0.0569. The Labute approximate surface area is 109 Å². The molecule has 2 aromatic heterocycles. The van der Waals surface area contributed by atoms with E-state index in [2.05, 4.69) is 0 Å². The first-order valence-electron chi connectivity index (χ1n) is 5.40. The second kappa shape index (κ2) is 5.11. The van der Waals surface area contributed by atoms with Gasteiger partial charge < -0.3 is 9.15 Å². The molecule has 0 radical (unpaired) electrons. The summed E-state index contributed by atoms with van der Waals surface area (Å²) in [6, 6.07) is 7.17. The fourth-order valence-corrected chi connectivity index (χ4v) is 1.70. The monoisotopic (exact) mass is 255 g/mol. The van der Waals surface area contributed by atoms with Crippen LogP contribution in [-0.2, 0) is 4.74 Å². The fourth-order valence-electron chi connectivity index (χ4n) is 1.70. The highest BCUT2D eigenvalue weighted by Gasteiger charge is 2.25. The number of furan rings is 1. The van der Waals surface area contributed by atoms with Crippen LogP contribution < -0.4 is 0 Å². The normalized spacial score (nSPS) is 9.63. The number of rotatable bonds is 3. The third kappa shape index (κ3) is 2.20. The Morgan fingerprint density at radius 1 is 1.42 bits per heavy atom. The number of aryl methyl sites for hydroxylation is 1. The van der Waals surface area contributed by atoms with Crippen molar-refractivity contribution in [1.29, 1.82) is 10.5 Å². The summed E-state index contributed by atoms with van der Waals surface area (Å²) >= 11 is 0. The molecule has 0 fully saturated rings. The number of nitrogens with zero attached hydrogens (tertiary/aromatic N) is 3. The van der Waals surface area contributed by atoms with Crippen molar-refractivity contribution in [3.05, 3.63) is 41.4 Å². The molecule has 0 atom stereocenters. The molecule has 2 heterocycles. The molecule has 0 amide bonds. The number of aromatic nitrogens is 1. The second-order valence-electron chi connectivity index (χ2n) is 3.65. The lowest BCUT2D eigenvalue weighted by Crippen LogP contribution is -2.07. The van der Waals surface area contributed by atoms with E-state index in [0.29, 0.717) is 0 Å². The molecule has 0 unspecified atom stereocenters. The maximum atomic E-state index is 11.8. The van der Waals surface area contributed by atoms with Gasteiger partial charge >= 0.3 is 5.97 Å². The molecule has 94 valence electrons. The van der Waals surface area contributed by atoms with Crippen LogP contribution in [0.4, 0.5) is 0 Å². The SMILES string of the molecule is Cc1oc(-n2cccc2)c(C#N)c1C(=O)OCC#N. The van der Waals surface area contributed by atoms with Crippen molar-refractivity contribution in [2.75, 3.05) is 6.61 Å². The van der Waals surface area contributed by atoms with Gasteiger partial charge in [0.15, 0.2) is 6.61 Å². The second-order valence-corrected chi connectivity index (χ2v) is 3.65. The van der Waals surface area contributed by atoms with Gasteiger partial charge in [0.2, 0.25) is 5.88 Å². The average molecular weight is 255 g/mol.